The lowest BCUT2D eigenvalue weighted by Crippen LogP contribution is -2.47. The number of carbonyl (C=O) groups is 1. The maximum Gasteiger partial charge on any atom is 0.318 e. The predicted molar refractivity (Wildman–Crippen MR) is 92.9 cm³/mol. The zero-order valence-electron chi connectivity index (χ0n) is 13.5. The van der Waals surface area contributed by atoms with E-state index in [1.54, 1.807) is 11.1 Å². The highest BCUT2D eigenvalue weighted by atomic mass is 35.5. The van der Waals surface area contributed by atoms with Gasteiger partial charge in [0.25, 0.3) is 0 Å². The molecule has 1 aromatic carbocycles. The first-order valence-corrected chi connectivity index (χ1v) is 8.35. The van der Waals surface area contributed by atoms with E-state index in [9.17, 15) is 4.79 Å². The first-order valence-electron chi connectivity index (χ1n) is 7.97. The fraction of sp³-hybridized carbons (Fsp3) is 0.333. The van der Waals surface area contributed by atoms with Gasteiger partial charge in [-0.05, 0) is 25.1 Å². The molecule has 1 aliphatic heterocycles. The zero-order chi connectivity index (χ0) is 16.9. The second-order valence-corrected chi connectivity index (χ2v) is 6.16. The molecule has 1 aromatic heterocycles. The zero-order valence-corrected chi connectivity index (χ0v) is 14.2. The second-order valence-electron chi connectivity index (χ2n) is 5.75. The molecule has 5 nitrogen and oxygen atoms in total. The van der Waals surface area contributed by atoms with Crippen LogP contribution in [-0.4, -0.2) is 35.6 Å². The summed E-state index contributed by atoms with van der Waals surface area (Å²) in [5.41, 5.74) is 1.75. The number of carbonyl (C=O) groups excluding carboxylic acids is 1. The van der Waals surface area contributed by atoms with Gasteiger partial charge in [-0.15, -0.1) is 0 Å². The van der Waals surface area contributed by atoms with E-state index in [1.807, 2.05) is 49.4 Å². The summed E-state index contributed by atoms with van der Waals surface area (Å²) in [6, 6.07) is 13.0. The Bertz CT molecular complexity index is 696. The molecular weight excluding hydrogens is 326 g/mol. The van der Waals surface area contributed by atoms with Gasteiger partial charge in [0.15, 0.2) is 0 Å². The molecular formula is C18H20ClN3O2. The molecule has 0 spiro atoms. The molecule has 1 saturated heterocycles. The number of amides is 2. The van der Waals surface area contributed by atoms with E-state index in [0.29, 0.717) is 24.7 Å². The summed E-state index contributed by atoms with van der Waals surface area (Å²) < 4.78 is 5.80. The van der Waals surface area contributed by atoms with E-state index >= 15 is 0 Å². The number of nitrogens with one attached hydrogen (secondary N) is 1. The SMILES string of the molecule is C[C@@H](NC(=O)N1CCO[C@@H](c2ccccc2Cl)C1)c1ccccn1. The van der Waals surface area contributed by atoms with Gasteiger partial charge < -0.3 is 15.0 Å². The average Bonchev–Trinajstić information content (AvgIpc) is 2.63. The van der Waals surface area contributed by atoms with Gasteiger partial charge in [-0.1, -0.05) is 35.9 Å². The van der Waals surface area contributed by atoms with E-state index in [1.165, 1.54) is 0 Å². The van der Waals surface area contributed by atoms with Crippen molar-refractivity contribution in [3.05, 3.63) is 64.9 Å². The standard InChI is InChI=1S/C18H20ClN3O2/c1-13(16-8-4-5-9-20-16)21-18(23)22-10-11-24-17(12-22)14-6-2-3-7-15(14)19/h2-9,13,17H,10-12H2,1H3,(H,21,23)/t13-,17-/m1/s1. The summed E-state index contributed by atoms with van der Waals surface area (Å²) in [6.07, 6.45) is 1.52. The smallest absolute Gasteiger partial charge is 0.318 e. The predicted octanol–water partition coefficient (Wildman–Crippen LogP) is 3.58. The lowest BCUT2D eigenvalue weighted by atomic mass is 10.1. The number of nitrogens with zero attached hydrogens (tertiary/aromatic N) is 2. The molecule has 126 valence electrons. The molecule has 2 aromatic rings. The molecule has 0 radical (unpaired) electrons. The number of morpholine rings is 1. The lowest BCUT2D eigenvalue weighted by molar-refractivity contribution is -0.0157. The number of benzene rings is 1. The molecule has 1 N–H and O–H groups in total. The highest BCUT2D eigenvalue weighted by Gasteiger charge is 2.27. The third-order valence-corrected chi connectivity index (χ3v) is 4.42. The van der Waals surface area contributed by atoms with Crippen LogP contribution in [0.5, 0.6) is 0 Å². The highest BCUT2D eigenvalue weighted by Crippen LogP contribution is 2.28. The van der Waals surface area contributed by atoms with E-state index in [0.717, 1.165) is 11.3 Å². The third-order valence-electron chi connectivity index (χ3n) is 4.08. The molecule has 2 heterocycles. The Morgan fingerprint density at radius 1 is 1.33 bits per heavy atom. The van der Waals surface area contributed by atoms with Gasteiger partial charge in [-0.2, -0.15) is 0 Å². The van der Waals surface area contributed by atoms with Crippen LogP contribution >= 0.6 is 11.6 Å². The van der Waals surface area contributed by atoms with Crippen LogP contribution in [0.4, 0.5) is 4.79 Å². The van der Waals surface area contributed by atoms with Crippen molar-refractivity contribution in [2.24, 2.45) is 0 Å². The van der Waals surface area contributed by atoms with Crippen molar-refractivity contribution in [1.29, 1.82) is 0 Å². The van der Waals surface area contributed by atoms with E-state index < -0.39 is 0 Å². The number of pyridine rings is 1. The molecule has 1 fully saturated rings. The molecule has 24 heavy (non-hydrogen) atoms. The minimum Gasteiger partial charge on any atom is -0.370 e. The minimum absolute atomic E-state index is 0.117. The van der Waals surface area contributed by atoms with Gasteiger partial charge in [0, 0.05) is 23.3 Å². The average molecular weight is 346 g/mol. The Morgan fingerprint density at radius 3 is 2.88 bits per heavy atom. The Balaban J connectivity index is 1.64. The van der Waals surface area contributed by atoms with Crippen LogP contribution in [0.2, 0.25) is 5.02 Å². The fourth-order valence-corrected chi connectivity index (χ4v) is 3.00. The van der Waals surface area contributed by atoms with Crippen LogP contribution in [0, 0.1) is 0 Å². The molecule has 2 amide bonds. The summed E-state index contributed by atoms with van der Waals surface area (Å²) in [5, 5.41) is 3.65. The van der Waals surface area contributed by atoms with Crippen molar-refractivity contribution in [2.45, 2.75) is 19.1 Å². The molecule has 2 atom stereocenters. The monoisotopic (exact) mass is 345 g/mol. The highest BCUT2D eigenvalue weighted by molar-refractivity contribution is 6.31. The third kappa shape index (κ3) is 3.86. The van der Waals surface area contributed by atoms with E-state index in [-0.39, 0.29) is 18.2 Å². The van der Waals surface area contributed by atoms with Gasteiger partial charge in [0.05, 0.1) is 24.9 Å². The second kappa shape index (κ2) is 7.64. The Labute approximate surface area is 146 Å². The Hall–Kier alpha value is -2.11. The van der Waals surface area contributed by atoms with Gasteiger partial charge in [0.2, 0.25) is 0 Å². The summed E-state index contributed by atoms with van der Waals surface area (Å²) in [4.78, 5) is 18.6. The molecule has 0 saturated carbocycles. The number of rotatable bonds is 3. The van der Waals surface area contributed by atoms with E-state index in [4.69, 9.17) is 16.3 Å². The topological polar surface area (TPSA) is 54.5 Å². The summed E-state index contributed by atoms with van der Waals surface area (Å²) in [5.74, 6) is 0. The van der Waals surface area contributed by atoms with Crippen LogP contribution in [0.15, 0.2) is 48.7 Å². The fourth-order valence-electron chi connectivity index (χ4n) is 2.74. The normalized spacial score (nSPS) is 18.9. The Morgan fingerprint density at radius 2 is 2.12 bits per heavy atom. The number of halogens is 1. The lowest BCUT2D eigenvalue weighted by Gasteiger charge is -2.34. The maximum atomic E-state index is 12.5. The molecule has 6 heteroatoms. The summed E-state index contributed by atoms with van der Waals surface area (Å²) in [7, 11) is 0. The molecule has 0 bridgehead atoms. The molecule has 3 rings (SSSR count). The van der Waals surface area contributed by atoms with Crippen molar-refractivity contribution in [2.75, 3.05) is 19.7 Å². The van der Waals surface area contributed by atoms with Crippen LogP contribution in [0.3, 0.4) is 0 Å². The van der Waals surface area contributed by atoms with Crippen molar-refractivity contribution >= 4 is 17.6 Å². The number of aromatic nitrogens is 1. The maximum absolute atomic E-state index is 12.5. The summed E-state index contributed by atoms with van der Waals surface area (Å²) >= 11 is 6.24. The molecule has 0 unspecified atom stereocenters. The van der Waals surface area contributed by atoms with Crippen LogP contribution in [0.1, 0.15) is 30.3 Å². The van der Waals surface area contributed by atoms with Gasteiger partial charge in [-0.25, -0.2) is 4.79 Å². The van der Waals surface area contributed by atoms with Crippen molar-refractivity contribution in [1.82, 2.24) is 15.2 Å². The van der Waals surface area contributed by atoms with Gasteiger partial charge in [0.1, 0.15) is 6.10 Å². The van der Waals surface area contributed by atoms with Crippen LogP contribution in [0.25, 0.3) is 0 Å². The number of hydrogen-bond donors (Lipinski definition) is 1. The van der Waals surface area contributed by atoms with Crippen LogP contribution < -0.4 is 5.32 Å². The van der Waals surface area contributed by atoms with Gasteiger partial charge in [-0.3, -0.25) is 4.98 Å². The first-order chi connectivity index (χ1) is 11.6. The van der Waals surface area contributed by atoms with Gasteiger partial charge >= 0.3 is 6.03 Å². The minimum atomic E-state index is -0.205. The largest absolute Gasteiger partial charge is 0.370 e. The van der Waals surface area contributed by atoms with Crippen molar-refractivity contribution in [3.63, 3.8) is 0 Å². The first kappa shape index (κ1) is 16.7. The molecule has 1 aliphatic rings. The molecule has 0 aliphatic carbocycles. The van der Waals surface area contributed by atoms with Crippen molar-refractivity contribution < 1.29 is 9.53 Å². The number of urea groups is 1. The number of hydrogen-bond acceptors (Lipinski definition) is 3. The van der Waals surface area contributed by atoms with Crippen molar-refractivity contribution in [3.8, 4) is 0 Å². The summed E-state index contributed by atoms with van der Waals surface area (Å²) in [6.45, 7) is 3.44. The number of ether oxygens (including phenoxy) is 1. The van der Waals surface area contributed by atoms with E-state index in [2.05, 4.69) is 10.3 Å². The quantitative estimate of drug-likeness (QED) is 0.925. The van der Waals surface area contributed by atoms with Crippen LogP contribution in [-0.2, 0) is 4.74 Å². The Kier molecular flexibility index (Phi) is 5.33.